The highest BCUT2D eigenvalue weighted by molar-refractivity contribution is 5.71. The minimum absolute atomic E-state index is 0.124. The molecule has 0 aliphatic rings. The summed E-state index contributed by atoms with van der Waals surface area (Å²) in [7, 11) is 0. The molecule has 0 bridgehead atoms. The summed E-state index contributed by atoms with van der Waals surface area (Å²) in [5, 5.41) is 0. The number of allylic oxidation sites excluding steroid dienone is 20. The van der Waals surface area contributed by atoms with Gasteiger partial charge in [0.25, 0.3) is 0 Å². The lowest BCUT2D eigenvalue weighted by molar-refractivity contribution is -0.166. The predicted octanol–water partition coefficient (Wildman–Crippen LogP) is 18.1. The first-order valence-corrected chi connectivity index (χ1v) is 27.0. The van der Waals surface area contributed by atoms with Gasteiger partial charge in [-0.15, -0.1) is 0 Å². The molecule has 0 aliphatic heterocycles. The van der Waals surface area contributed by atoms with Crippen LogP contribution in [-0.2, 0) is 28.6 Å². The molecule has 0 heterocycles. The summed E-state index contributed by atoms with van der Waals surface area (Å²) in [6, 6.07) is 0. The quantitative estimate of drug-likeness (QED) is 0.0262. The van der Waals surface area contributed by atoms with Crippen molar-refractivity contribution in [2.24, 2.45) is 0 Å². The van der Waals surface area contributed by atoms with Crippen LogP contribution in [0, 0.1) is 0 Å². The van der Waals surface area contributed by atoms with Gasteiger partial charge in [0.1, 0.15) is 13.2 Å². The molecule has 67 heavy (non-hydrogen) atoms. The molecule has 0 aromatic rings. The molecule has 0 rings (SSSR count). The average molecular weight is 927 g/mol. The fourth-order valence-corrected chi connectivity index (χ4v) is 6.93. The molecule has 6 nitrogen and oxygen atoms in total. The van der Waals surface area contributed by atoms with Gasteiger partial charge in [0, 0.05) is 19.3 Å². The maximum atomic E-state index is 12.8. The van der Waals surface area contributed by atoms with Crippen LogP contribution >= 0.6 is 0 Å². The van der Waals surface area contributed by atoms with Gasteiger partial charge in [-0.05, 0) is 96.3 Å². The Morgan fingerprint density at radius 1 is 0.313 bits per heavy atom. The van der Waals surface area contributed by atoms with Crippen molar-refractivity contribution in [3.8, 4) is 0 Å². The Bertz CT molecular complexity index is 1440. The zero-order valence-corrected chi connectivity index (χ0v) is 43.1. The van der Waals surface area contributed by atoms with E-state index in [1.807, 2.05) is 12.2 Å². The number of esters is 3. The molecule has 1 unspecified atom stereocenters. The molecule has 0 fully saturated rings. The summed E-state index contributed by atoms with van der Waals surface area (Å²) in [6.07, 6.45) is 74.8. The first-order valence-electron chi connectivity index (χ1n) is 27.0. The smallest absolute Gasteiger partial charge is 0.306 e. The first-order chi connectivity index (χ1) is 33.0. The maximum absolute atomic E-state index is 12.8. The molecular formula is C61H98O6. The summed E-state index contributed by atoms with van der Waals surface area (Å²) < 4.78 is 16.7. The van der Waals surface area contributed by atoms with E-state index in [4.69, 9.17) is 14.2 Å². The Hall–Kier alpha value is -4.19. The second-order valence-corrected chi connectivity index (χ2v) is 17.4. The van der Waals surface area contributed by atoms with Crippen molar-refractivity contribution >= 4 is 17.9 Å². The average Bonchev–Trinajstić information content (AvgIpc) is 3.33. The van der Waals surface area contributed by atoms with Crippen LogP contribution in [0.5, 0.6) is 0 Å². The molecule has 0 N–H and O–H groups in total. The van der Waals surface area contributed by atoms with Gasteiger partial charge in [0.05, 0.1) is 0 Å². The molecule has 0 aliphatic carbocycles. The zero-order chi connectivity index (χ0) is 48.6. The van der Waals surface area contributed by atoms with Crippen LogP contribution in [0.1, 0.15) is 226 Å². The Labute approximate surface area is 412 Å². The van der Waals surface area contributed by atoms with Crippen LogP contribution in [0.15, 0.2) is 122 Å². The number of hydrogen-bond donors (Lipinski definition) is 0. The van der Waals surface area contributed by atoms with E-state index in [0.717, 1.165) is 83.5 Å². The summed E-state index contributed by atoms with van der Waals surface area (Å²) in [5.41, 5.74) is 0. The summed E-state index contributed by atoms with van der Waals surface area (Å²) in [6.45, 7) is 6.37. The van der Waals surface area contributed by atoms with E-state index in [-0.39, 0.29) is 44.0 Å². The minimum atomic E-state index is -0.838. The van der Waals surface area contributed by atoms with Crippen LogP contribution in [0.25, 0.3) is 0 Å². The monoisotopic (exact) mass is 927 g/mol. The largest absolute Gasteiger partial charge is 0.462 e. The van der Waals surface area contributed by atoms with Gasteiger partial charge in [-0.25, -0.2) is 0 Å². The van der Waals surface area contributed by atoms with E-state index in [0.29, 0.717) is 19.3 Å². The SMILES string of the molecule is CC/C=C\C/C=C\C/C=C\C/C=C\C/C=C\C/C=C\CCC(=O)OCC(COC(=O)CCCCCCCCCCCCCCC)OC(=O)CCC/C=C\C/C=C\C/C=C\C/C=C\CCCCC. The number of carbonyl (C=O) groups is 3. The van der Waals surface area contributed by atoms with Gasteiger partial charge in [0.2, 0.25) is 0 Å². The lowest BCUT2D eigenvalue weighted by Crippen LogP contribution is -2.30. The van der Waals surface area contributed by atoms with Gasteiger partial charge in [-0.2, -0.15) is 0 Å². The third kappa shape index (κ3) is 52.6. The molecule has 0 radical (unpaired) electrons. The molecule has 0 aromatic heterocycles. The van der Waals surface area contributed by atoms with Crippen LogP contribution < -0.4 is 0 Å². The van der Waals surface area contributed by atoms with Crippen molar-refractivity contribution in [1.29, 1.82) is 0 Å². The molecule has 0 amide bonds. The Morgan fingerprint density at radius 3 is 1.04 bits per heavy atom. The molecular weight excluding hydrogens is 829 g/mol. The third-order valence-corrected chi connectivity index (χ3v) is 11.0. The molecule has 0 spiro atoms. The lowest BCUT2D eigenvalue weighted by atomic mass is 10.0. The molecule has 6 heteroatoms. The molecule has 0 saturated heterocycles. The van der Waals surface area contributed by atoms with Crippen LogP contribution in [-0.4, -0.2) is 37.2 Å². The Morgan fingerprint density at radius 2 is 0.627 bits per heavy atom. The van der Waals surface area contributed by atoms with Gasteiger partial charge in [-0.3, -0.25) is 14.4 Å². The van der Waals surface area contributed by atoms with Gasteiger partial charge in [0.15, 0.2) is 6.10 Å². The summed E-state index contributed by atoms with van der Waals surface area (Å²) >= 11 is 0. The maximum Gasteiger partial charge on any atom is 0.306 e. The second kappa shape index (κ2) is 54.4. The number of carbonyl (C=O) groups excluding carboxylic acids is 3. The van der Waals surface area contributed by atoms with Crippen molar-refractivity contribution in [3.05, 3.63) is 122 Å². The topological polar surface area (TPSA) is 78.9 Å². The molecule has 0 saturated carbocycles. The van der Waals surface area contributed by atoms with Crippen LogP contribution in [0.3, 0.4) is 0 Å². The van der Waals surface area contributed by atoms with E-state index in [2.05, 4.69) is 130 Å². The fourth-order valence-electron chi connectivity index (χ4n) is 6.93. The van der Waals surface area contributed by atoms with E-state index in [1.165, 1.54) is 89.9 Å². The van der Waals surface area contributed by atoms with Gasteiger partial charge < -0.3 is 14.2 Å². The third-order valence-electron chi connectivity index (χ3n) is 11.0. The number of unbranched alkanes of at least 4 members (excludes halogenated alkanes) is 16. The second-order valence-electron chi connectivity index (χ2n) is 17.4. The van der Waals surface area contributed by atoms with Gasteiger partial charge in [-0.1, -0.05) is 232 Å². The van der Waals surface area contributed by atoms with Crippen LogP contribution in [0.4, 0.5) is 0 Å². The Balaban J connectivity index is 4.60. The van der Waals surface area contributed by atoms with Crippen molar-refractivity contribution in [1.82, 2.24) is 0 Å². The first kappa shape index (κ1) is 62.8. The van der Waals surface area contributed by atoms with Crippen molar-refractivity contribution in [2.75, 3.05) is 13.2 Å². The van der Waals surface area contributed by atoms with E-state index < -0.39 is 6.10 Å². The highest BCUT2D eigenvalue weighted by Gasteiger charge is 2.19. The predicted molar refractivity (Wildman–Crippen MR) is 288 cm³/mol. The highest BCUT2D eigenvalue weighted by atomic mass is 16.6. The summed E-state index contributed by atoms with van der Waals surface area (Å²) in [4.78, 5) is 38.0. The lowest BCUT2D eigenvalue weighted by Gasteiger charge is -2.18. The van der Waals surface area contributed by atoms with Crippen LogP contribution in [0.2, 0.25) is 0 Å². The fraction of sp³-hybridized carbons (Fsp3) is 0.623. The Kier molecular flexibility index (Phi) is 51.0. The summed E-state index contributed by atoms with van der Waals surface area (Å²) in [5.74, 6) is -1.07. The number of hydrogen-bond acceptors (Lipinski definition) is 6. The number of ether oxygens (including phenoxy) is 3. The zero-order valence-electron chi connectivity index (χ0n) is 43.1. The van der Waals surface area contributed by atoms with Crippen molar-refractivity contribution in [3.63, 3.8) is 0 Å². The van der Waals surface area contributed by atoms with Crippen molar-refractivity contribution in [2.45, 2.75) is 232 Å². The van der Waals surface area contributed by atoms with Gasteiger partial charge >= 0.3 is 17.9 Å². The van der Waals surface area contributed by atoms with Crippen molar-refractivity contribution < 1.29 is 28.6 Å². The molecule has 1 atom stereocenters. The van der Waals surface area contributed by atoms with E-state index in [9.17, 15) is 14.4 Å². The minimum Gasteiger partial charge on any atom is -0.462 e. The standard InChI is InChI=1S/C61H98O6/c1-4-7-10-13-16-19-22-25-27-29-30-32-33-36-39-42-45-48-51-54-60(63)66-57-58(56-65-59(62)53-50-47-44-41-38-35-24-21-18-15-12-9-6-3)67-61(64)55-52-49-46-43-40-37-34-31-28-26-23-20-17-14-11-8-5-2/h7,10,16-17,19-20,25-28,30,32,34,36-37,39,43,45-46,48,58H,4-6,8-9,11-15,18,21-24,29,31,33,35,38,40-42,44,47,49-57H2,1-3H3/b10-7-,19-16-,20-17-,27-25-,28-26-,32-30-,37-34-,39-36-,46-43-,48-45-. The molecule has 378 valence electrons. The number of rotatable bonds is 47. The normalized spacial score (nSPS) is 13.1. The highest BCUT2D eigenvalue weighted by Crippen LogP contribution is 2.14. The van der Waals surface area contributed by atoms with E-state index >= 15 is 0 Å². The molecule has 0 aromatic carbocycles. The van der Waals surface area contributed by atoms with E-state index in [1.54, 1.807) is 0 Å².